The van der Waals surface area contributed by atoms with Gasteiger partial charge in [0.15, 0.2) is 17.2 Å². The Labute approximate surface area is 117 Å². The molecule has 0 aliphatic rings. The molecule has 0 radical (unpaired) electrons. The summed E-state index contributed by atoms with van der Waals surface area (Å²) in [7, 11) is 0. The number of Topliss-reactive ketones (excluding diaryl/α,β-unsaturated/α-hetero) is 1. The highest BCUT2D eigenvalue weighted by Crippen LogP contribution is 2.20. The third kappa shape index (κ3) is 2.51. The van der Waals surface area contributed by atoms with Crippen LogP contribution in [0, 0.1) is 6.92 Å². The predicted octanol–water partition coefficient (Wildman–Crippen LogP) is 2.07. The molecule has 0 unspecified atom stereocenters. The van der Waals surface area contributed by atoms with Gasteiger partial charge in [-0.05, 0) is 19.1 Å². The van der Waals surface area contributed by atoms with E-state index in [1.54, 1.807) is 19.1 Å². The second-order valence-electron chi connectivity index (χ2n) is 4.42. The summed E-state index contributed by atoms with van der Waals surface area (Å²) in [4.78, 5) is 19.6. The Kier molecular flexibility index (Phi) is 3.20. The van der Waals surface area contributed by atoms with Crippen LogP contribution in [0.4, 0.5) is 8.78 Å². The number of carbonyl (C=O) groups excluding carboxylic acids is 1. The van der Waals surface area contributed by atoms with Crippen LogP contribution in [0.3, 0.4) is 0 Å². The second-order valence-corrected chi connectivity index (χ2v) is 4.42. The maximum atomic E-state index is 12.4. The van der Waals surface area contributed by atoms with Crippen molar-refractivity contribution in [3.8, 4) is 11.6 Å². The quantitative estimate of drug-likeness (QED) is 0.736. The summed E-state index contributed by atoms with van der Waals surface area (Å²) < 4.78 is 31.5. The van der Waals surface area contributed by atoms with E-state index in [-0.39, 0.29) is 5.69 Å². The average molecular weight is 292 g/mol. The lowest BCUT2D eigenvalue weighted by Gasteiger charge is -2.04. The fourth-order valence-electron chi connectivity index (χ4n) is 1.96. The van der Waals surface area contributed by atoms with Gasteiger partial charge in [-0.25, -0.2) is 18.7 Å². The van der Waals surface area contributed by atoms with Crippen LogP contribution >= 0.6 is 0 Å². The maximum absolute atomic E-state index is 12.4. The van der Waals surface area contributed by atoms with E-state index in [9.17, 15) is 13.6 Å². The van der Waals surface area contributed by atoms with Crippen molar-refractivity contribution in [1.82, 2.24) is 19.6 Å². The van der Waals surface area contributed by atoms with E-state index in [0.29, 0.717) is 23.1 Å². The minimum Gasteiger partial charge on any atom is -0.461 e. The molecule has 0 saturated heterocycles. The van der Waals surface area contributed by atoms with Gasteiger partial charge in [-0.15, -0.1) is 5.10 Å². The molecule has 0 spiro atoms. The first-order valence-corrected chi connectivity index (χ1v) is 6.12. The van der Waals surface area contributed by atoms with Gasteiger partial charge >= 0.3 is 0 Å². The largest absolute Gasteiger partial charge is 0.461 e. The van der Waals surface area contributed by atoms with E-state index < -0.39 is 18.6 Å². The maximum Gasteiger partial charge on any atom is 0.296 e. The first kappa shape index (κ1) is 13.3. The number of alkyl halides is 2. The zero-order valence-corrected chi connectivity index (χ0v) is 11.0. The van der Waals surface area contributed by atoms with Crippen molar-refractivity contribution in [2.24, 2.45) is 0 Å². The Hall–Kier alpha value is -2.64. The molecule has 21 heavy (non-hydrogen) atoms. The minimum absolute atomic E-state index is 0.201. The number of halogens is 2. The zero-order chi connectivity index (χ0) is 15.0. The predicted molar refractivity (Wildman–Crippen MR) is 67.9 cm³/mol. The topological polar surface area (TPSA) is 73.3 Å². The standard InChI is InChI=1S/C13H10F2N4O2/c1-7-16-11-6-8(5-9(20)12(14)15)17-13(19(11)18-7)10-3-2-4-21-10/h2-4,6,12H,5H2,1H3. The molecule has 3 heterocycles. The van der Waals surface area contributed by atoms with Crippen LogP contribution in [0.25, 0.3) is 17.2 Å². The van der Waals surface area contributed by atoms with Crippen molar-refractivity contribution < 1.29 is 18.0 Å². The zero-order valence-electron chi connectivity index (χ0n) is 11.0. The van der Waals surface area contributed by atoms with Gasteiger partial charge in [-0.2, -0.15) is 4.52 Å². The third-order valence-corrected chi connectivity index (χ3v) is 2.82. The number of aryl methyl sites for hydroxylation is 1. The number of furan rings is 1. The molecule has 0 aliphatic carbocycles. The number of rotatable bonds is 4. The van der Waals surface area contributed by atoms with Crippen LogP contribution in [-0.2, 0) is 11.2 Å². The Morgan fingerprint density at radius 3 is 2.90 bits per heavy atom. The van der Waals surface area contributed by atoms with Crippen LogP contribution in [-0.4, -0.2) is 31.8 Å². The Morgan fingerprint density at radius 1 is 1.43 bits per heavy atom. The number of nitrogens with zero attached hydrogens (tertiary/aromatic N) is 4. The van der Waals surface area contributed by atoms with Crippen molar-refractivity contribution in [1.29, 1.82) is 0 Å². The molecule has 0 saturated carbocycles. The number of ketones is 1. The monoisotopic (exact) mass is 292 g/mol. The first-order valence-electron chi connectivity index (χ1n) is 6.12. The van der Waals surface area contributed by atoms with Gasteiger partial charge in [0.05, 0.1) is 18.4 Å². The van der Waals surface area contributed by atoms with E-state index in [1.807, 2.05) is 0 Å². The molecule has 0 N–H and O–H groups in total. The van der Waals surface area contributed by atoms with Crippen LogP contribution < -0.4 is 0 Å². The fraction of sp³-hybridized carbons (Fsp3) is 0.231. The summed E-state index contributed by atoms with van der Waals surface area (Å²) in [6, 6.07) is 4.80. The number of hydrogen-bond acceptors (Lipinski definition) is 5. The van der Waals surface area contributed by atoms with Gasteiger partial charge in [0.25, 0.3) is 6.43 Å². The van der Waals surface area contributed by atoms with Gasteiger partial charge in [-0.3, -0.25) is 4.79 Å². The van der Waals surface area contributed by atoms with E-state index in [2.05, 4.69) is 15.1 Å². The molecule has 6 nitrogen and oxygen atoms in total. The van der Waals surface area contributed by atoms with E-state index in [1.165, 1.54) is 16.8 Å². The molecule has 3 rings (SSSR count). The summed E-state index contributed by atoms with van der Waals surface area (Å²) in [5, 5.41) is 4.17. The van der Waals surface area contributed by atoms with Crippen molar-refractivity contribution >= 4 is 11.4 Å². The molecular weight excluding hydrogens is 282 g/mol. The second kappa shape index (κ2) is 5.04. The normalized spacial score (nSPS) is 11.4. The summed E-state index contributed by atoms with van der Waals surface area (Å²) in [5.41, 5.74) is 0.623. The van der Waals surface area contributed by atoms with Gasteiger partial charge in [0, 0.05) is 6.07 Å². The summed E-state index contributed by atoms with van der Waals surface area (Å²) >= 11 is 0. The highest BCUT2D eigenvalue weighted by molar-refractivity contribution is 5.83. The average Bonchev–Trinajstić information content (AvgIpc) is 3.05. The Morgan fingerprint density at radius 2 is 2.24 bits per heavy atom. The highest BCUT2D eigenvalue weighted by atomic mass is 19.3. The summed E-state index contributed by atoms with van der Waals surface area (Å²) in [6.45, 7) is 1.70. The molecule has 108 valence electrons. The number of aromatic nitrogens is 4. The SMILES string of the molecule is Cc1nc2cc(CC(=O)C(F)F)nc(-c3ccco3)n2n1. The van der Waals surface area contributed by atoms with E-state index in [4.69, 9.17) is 4.42 Å². The summed E-state index contributed by atoms with van der Waals surface area (Å²) in [6.07, 6.45) is -2.02. The molecule has 0 atom stereocenters. The molecule has 0 amide bonds. The molecule has 3 aromatic heterocycles. The lowest BCUT2D eigenvalue weighted by atomic mass is 10.2. The van der Waals surface area contributed by atoms with Crippen LogP contribution in [0.5, 0.6) is 0 Å². The van der Waals surface area contributed by atoms with Gasteiger partial charge in [-0.1, -0.05) is 0 Å². The molecule has 0 aromatic carbocycles. The molecular formula is C13H10F2N4O2. The molecule has 3 aromatic rings. The van der Waals surface area contributed by atoms with Gasteiger partial charge in [0.2, 0.25) is 5.78 Å². The summed E-state index contributed by atoms with van der Waals surface area (Å²) in [5.74, 6) is 0.0434. The minimum atomic E-state index is -3.02. The van der Waals surface area contributed by atoms with Crippen molar-refractivity contribution in [2.45, 2.75) is 19.8 Å². The molecule has 0 bridgehead atoms. The first-order chi connectivity index (χ1) is 10.0. The van der Waals surface area contributed by atoms with Gasteiger partial charge < -0.3 is 4.42 Å². The van der Waals surface area contributed by atoms with Gasteiger partial charge in [0.1, 0.15) is 5.82 Å². The van der Waals surface area contributed by atoms with E-state index >= 15 is 0 Å². The van der Waals surface area contributed by atoms with Crippen molar-refractivity contribution in [3.05, 3.63) is 36.0 Å². The molecule has 0 aliphatic heterocycles. The van der Waals surface area contributed by atoms with E-state index in [0.717, 1.165) is 0 Å². The molecule has 8 heteroatoms. The third-order valence-electron chi connectivity index (χ3n) is 2.82. The Balaban J connectivity index is 2.13. The molecule has 0 fully saturated rings. The number of fused-ring (bicyclic) bond motifs is 1. The number of carbonyl (C=O) groups is 1. The van der Waals surface area contributed by atoms with Crippen LogP contribution in [0.1, 0.15) is 11.5 Å². The van der Waals surface area contributed by atoms with Crippen molar-refractivity contribution in [3.63, 3.8) is 0 Å². The number of hydrogen-bond donors (Lipinski definition) is 0. The lowest BCUT2D eigenvalue weighted by molar-refractivity contribution is -0.128. The van der Waals surface area contributed by atoms with Crippen molar-refractivity contribution in [2.75, 3.05) is 0 Å². The smallest absolute Gasteiger partial charge is 0.296 e. The fourth-order valence-corrected chi connectivity index (χ4v) is 1.96. The lowest BCUT2D eigenvalue weighted by Crippen LogP contribution is -2.14. The highest BCUT2D eigenvalue weighted by Gasteiger charge is 2.19. The Bertz CT molecular complexity index is 796. The van der Waals surface area contributed by atoms with Crippen LogP contribution in [0.2, 0.25) is 0 Å². The van der Waals surface area contributed by atoms with Crippen LogP contribution in [0.15, 0.2) is 28.9 Å².